The summed E-state index contributed by atoms with van der Waals surface area (Å²) < 4.78 is 5.69. The molecule has 1 atom stereocenters. The first-order valence-electron chi connectivity index (χ1n) is 5.59. The van der Waals surface area contributed by atoms with Crippen molar-refractivity contribution in [1.82, 2.24) is 5.32 Å². The number of hydrogen-bond acceptors (Lipinski definition) is 3. The second-order valence-corrected chi connectivity index (χ2v) is 4.33. The van der Waals surface area contributed by atoms with Gasteiger partial charge in [-0.25, -0.2) is 0 Å². The normalized spacial score (nSPS) is 14.5. The van der Waals surface area contributed by atoms with Crippen LogP contribution in [0.5, 0.6) is 5.75 Å². The second-order valence-electron chi connectivity index (χ2n) is 4.33. The van der Waals surface area contributed by atoms with Crippen molar-refractivity contribution in [1.29, 1.82) is 0 Å². The number of likely N-dealkylation sites (N-methyl/N-ethyl adjacent to an activating group) is 1. The summed E-state index contributed by atoms with van der Waals surface area (Å²) in [4.78, 5) is 0. The van der Waals surface area contributed by atoms with E-state index in [1.807, 2.05) is 45.2 Å². The lowest BCUT2D eigenvalue weighted by Gasteiger charge is -2.26. The smallest absolute Gasteiger partial charge is 0.122 e. The quantitative estimate of drug-likeness (QED) is 0.772. The maximum absolute atomic E-state index is 9.22. The standard InChI is InChI=1S/C13H21NO2/c1-11-6-4-5-7-12(11)16-9-8-13(2,10-15)14-3/h4-7,14-15H,8-10H2,1-3H3. The second kappa shape index (κ2) is 5.87. The first-order chi connectivity index (χ1) is 7.61. The van der Waals surface area contributed by atoms with Crippen LogP contribution in [0.25, 0.3) is 0 Å². The van der Waals surface area contributed by atoms with Gasteiger partial charge in [0, 0.05) is 12.0 Å². The molecule has 0 amide bonds. The lowest BCUT2D eigenvalue weighted by Crippen LogP contribution is -2.44. The molecule has 0 aliphatic carbocycles. The van der Waals surface area contributed by atoms with Crippen LogP contribution in [0.15, 0.2) is 24.3 Å². The van der Waals surface area contributed by atoms with Crippen molar-refractivity contribution in [2.45, 2.75) is 25.8 Å². The molecule has 3 heteroatoms. The third kappa shape index (κ3) is 3.51. The van der Waals surface area contributed by atoms with Crippen LogP contribution in [0, 0.1) is 6.92 Å². The molecule has 0 bridgehead atoms. The predicted molar refractivity (Wildman–Crippen MR) is 65.8 cm³/mol. The Morgan fingerprint density at radius 2 is 2.06 bits per heavy atom. The van der Waals surface area contributed by atoms with Crippen molar-refractivity contribution in [3.63, 3.8) is 0 Å². The van der Waals surface area contributed by atoms with Gasteiger partial charge < -0.3 is 15.2 Å². The number of aliphatic hydroxyl groups is 1. The van der Waals surface area contributed by atoms with Crippen molar-refractivity contribution in [3.05, 3.63) is 29.8 Å². The van der Waals surface area contributed by atoms with Gasteiger partial charge in [-0.3, -0.25) is 0 Å². The van der Waals surface area contributed by atoms with E-state index < -0.39 is 0 Å². The number of nitrogens with one attached hydrogen (secondary N) is 1. The van der Waals surface area contributed by atoms with Crippen molar-refractivity contribution >= 4 is 0 Å². The Kier molecular flexibility index (Phi) is 4.77. The van der Waals surface area contributed by atoms with Crippen LogP contribution in [0.3, 0.4) is 0 Å². The van der Waals surface area contributed by atoms with E-state index in [0.717, 1.165) is 17.7 Å². The fourth-order valence-corrected chi connectivity index (χ4v) is 1.39. The summed E-state index contributed by atoms with van der Waals surface area (Å²) in [5, 5.41) is 12.3. The van der Waals surface area contributed by atoms with Crippen LogP contribution in [0.4, 0.5) is 0 Å². The molecule has 0 saturated carbocycles. The van der Waals surface area contributed by atoms with Gasteiger partial charge in [0.25, 0.3) is 0 Å². The Balaban J connectivity index is 2.44. The van der Waals surface area contributed by atoms with Crippen molar-refractivity contribution in [2.24, 2.45) is 0 Å². The summed E-state index contributed by atoms with van der Waals surface area (Å²) in [5.74, 6) is 0.916. The number of aliphatic hydroxyl groups excluding tert-OH is 1. The fourth-order valence-electron chi connectivity index (χ4n) is 1.39. The van der Waals surface area contributed by atoms with Gasteiger partial charge in [-0.1, -0.05) is 18.2 Å². The van der Waals surface area contributed by atoms with E-state index in [2.05, 4.69) is 5.32 Å². The zero-order valence-corrected chi connectivity index (χ0v) is 10.3. The molecule has 0 aliphatic rings. The molecule has 90 valence electrons. The number of ether oxygens (including phenoxy) is 1. The minimum Gasteiger partial charge on any atom is -0.493 e. The molecular weight excluding hydrogens is 202 g/mol. The Bertz CT molecular complexity index is 321. The minimum atomic E-state index is -0.261. The number of aryl methyl sites for hydroxylation is 1. The molecule has 1 rings (SSSR count). The van der Waals surface area contributed by atoms with Gasteiger partial charge in [-0.2, -0.15) is 0 Å². The first kappa shape index (κ1) is 13.0. The Morgan fingerprint density at radius 1 is 1.38 bits per heavy atom. The number of benzene rings is 1. The van der Waals surface area contributed by atoms with Crippen LogP contribution in [0.2, 0.25) is 0 Å². The van der Waals surface area contributed by atoms with Crippen LogP contribution in [0.1, 0.15) is 18.9 Å². The highest BCUT2D eigenvalue weighted by atomic mass is 16.5. The topological polar surface area (TPSA) is 41.5 Å². The van der Waals surface area contributed by atoms with Crippen LogP contribution in [-0.4, -0.2) is 30.9 Å². The summed E-state index contributed by atoms with van der Waals surface area (Å²) in [5.41, 5.74) is 0.875. The predicted octanol–water partition coefficient (Wildman–Crippen LogP) is 1.73. The van der Waals surface area contributed by atoms with Gasteiger partial charge in [0.2, 0.25) is 0 Å². The molecule has 0 fully saturated rings. The largest absolute Gasteiger partial charge is 0.493 e. The number of para-hydroxylation sites is 1. The maximum Gasteiger partial charge on any atom is 0.122 e. The SMILES string of the molecule is CNC(C)(CO)CCOc1ccccc1C. The molecule has 0 saturated heterocycles. The van der Waals surface area contributed by atoms with Crippen LogP contribution in [-0.2, 0) is 0 Å². The maximum atomic E-state index is 9.22. The Labute approximate surface area is 97.4 Å². The van der Waals surface area contributed by atoms with Gasteiger partial charge in [-0.15, -0.1) is 0 Å². The molecule has 0 aromatic heterocycles. The minimum absolute atomic E-state index is 0.112. The molecule has 1 unspecified atom stereocenters. The summed E-state index contributed by atoms with van der Waals surface area (Å²) in [6.45, 7) is 4.72. The van der Waals surface area contributed by atoms with E-state index in [4.69, 9.17) is 4.74 Å². The van der Waals surface area contributed by atoms with E-state index >= 15 is 0 Å². The van der Waals surface area contributed by atoms with E-state index in [1.54, 1.807) is 0 Å². The van der Waals surface area contributed by atoms with Gasteiger partial charge in [0.1, 0.15) is 5.75 Å². The first-order valence-corrected chi connectivity index (χ1v) is 5.59. The lowest BCUT2D eigenvalue weighted by molar-refractivity contribution is 0.151. The molecule has 16 heavy (non-hydrogen) atoms. The Hall–Kier alpha value is -1.06. The van der Waals surface area contributed by atoms with Gasteiger partial charge in [-0.05, 0) is 32.5 Å². The van der Waals surface area contributed by atoms with Gasteiger partial charge in [0.15, 0.2) is 0 Å². The Morgan fingerprint density at radius 3 is 2.62 bits per heavy atom. The molecule has 0 heterocycles. The van der Waals surface area contributed by atoms with E-state index in [0.29, 0.717) is 6.61 Å². The van der Waals surface area contributed by atoms with E-state index in [1.165, 1.54) is 0 Å². The fraction of sp³-hybridized carbons (Fsp3) is 0.538. The van der Waals surface area contributed by atoms with E-state index in [9.17, 15) is 5.11 Å². The monoisotopic (exact) mass is 223 g/mol. The summed E-state index contributed by atoms with van der Waals surface area (Å²) in [6, 6.07) is 7.95. The molecule has 0 radical (unpaired) electrons. The highest BCUT2D eigenvalue weighted by Gasteiger charge is 2.20. The number of rotatable bonds is 6. The molecule has 3 nitrogen and oxygen atoms in total. The molecule has 1 aromatic carbocycles. The molecule has 2 N–H and O–H groups in total. The van der Waals surface area contributed by atoms with Crippen LogP contribution < -0.4 is 10.1 Å². The molecule has 1 aromatic rings. The van der Waals surface area contributed by atoms with Crippen LogP contribution >= 0.6 is 0 Å². The third-order valence-electron chi connectivity index (χ3n) is 2.96. The lowest BCUT2D eigenvalue weighted by atomic mass is 10.0. The van der Waals surface area contributed by atoms with E-state index in [-0.39, 0.29) is 12.1 Å². The summed E-state index contributed by atoms with van der Waals surface area (Å²) in [7, 11) is 1.85. The highest BCUT2D eigenvalue weighted by molar-refractivity contribution is 5.31. The molecule has 0 aliphatic heterocycles. The van der Waals surface area contributed by atoms with Crippen molar-refractivity contribution in [3.8, 4) is 5.75 Å². The number of hydrogen-bond donors (Lipinski definition) is 2. The average molecular weight is 223 g/mol. The summed E-state index contributed by atoms with van der Waals surface area (Å²) >= 11 is 0. The van der Waals surface area contributed by atoms with Gasteiger partial charge >= 0.3 is 0 Å². The average Bonchev–Trinajstić information content (AvgIpc) is 2.31. The van der Waals surface area contributed by atoms with Crippen molar-refractivity contribution in [2.75, 3.05) is 20.3 Å². The molecular formula is C13H21NO2. The highest BCUT2D eigenvalue weighted by Crippen LogP contribution is 2.17. The van der Waals surface area contributed by atoms with Gasteiger partial charge in [0.05, 0.1) is 13.2 Å². The zero-order valence-electron chi connectivity index (χ0n) is 10.3. The molecule has 0 spiro atoms. The summed E-state index contributed by atoms with van der Waals surface area (Å²) in [6.07, 6.45) is 0.772. The third-order valence-corrected chi connectivity index (χ3v) is 2.96. The zero-order chi connectivity index (χ0) is 12.0. The van der Waals surface area contributed by atoms with Crippen molar-refractivity contribution < 1.29 is 9.84 Å².